The van der Waals surface area contributed by atoms with E-state index in [9.17, 15) is 9.18 Å². The van der Waals surface area contributed by atoms with Crippen LogP contribution in [0.3, 0.4) is 0 Å². The van der Waals surface area contributed by atoms with Crippen molar-refractivity contribution in [3.8, 4) is 5.75 Å². The van der Waals surface area contributed by atoms with Crippen molar-refractivity contribution in [1.82, 2.24) is 0 Å². The van der Waals surface area contributed by atoms with Gasteiger partial charge >= 0.3 is 5.97 Å². The third kappa shape index (κ3) is 3.45. The van der Waals surface area contributed by atoms with Crippen molar-refractivity contribution in [3.63, 3.8) is 0 Å². The summed E-state index contributed by atoms with van der Waals surface area (Å²) in [5, 5.41) is 9.12. The van der Waals surface area contributed by atoms with Gasteiger partial charge in [-0.05, 0) is 35.9 Å². The van der Waals surface area contributed by atoms with E-state index in [2.05, 4.69) is 0 Å². The lowest BCUT2D eigenvalue weighted by molar-refractivity contribution is 0.0473. The van der Waals surface area contributed by atoms with Crippen molar-refractivity contribution in [2.45, 2.75) is 6.61 Å². The highest BCUT2D eigenvalue weighted by atomic mass is 35.5. The van der Waals surface area contributed by atoms with E-state index in [4.69, 9.17) is 21.4 Å². The minimum atomic E-state index is -0.627. The van der Waals surface area contributed by atoms with E-state index in [1.165, 1.54) is 18.2 Å². The van der Waals surface area contributed by atoms with Gasteiger partial charge in [-0.1, -0.05) is 23.7 Å². The molecule has 2 aromatic carbocycles. The molecule has 0 saturated heterocycles. The minimum Gasteiger partial charge on any atom is -0.508 e. The van der Waals surface area contributed by atoms with Crippen LogP contribution < -0.4 is 0 Å². The molecular formula is C14H10ClFO3. The van der Waals surface area contributed by atoms with E-state index >= 15 is 0 Å². The summed E-state index contributed by atoms with van der Waals surface area (Å²) in [5.74, 6) is -1.00. The normalized spacial score (nSPS) is 10.2. The SMILES string of the molecule is O=C(OCc1ccc(O)cc1)c1ccc(F)cc1Cl. The second-order valence-corrected chi connectivity index (χ2v) is 4.27. The second-order valence-electron chi connectivity index (χ2n) is 3.87. The van der Waals surface area contributed by atoms with Gasteiger partial charge in [-0.25, -0.2) is 9.18 Å². The van der Waals surface area contributed by atoms with Gasteiger partial charge in [0, 0.05) is 0 Å². The Kier molecular flexibility index (Phi) is 4.02. The number of ether oxygens (including phenoxy) is 1. The third-order valence-electron chi connectivity index (χ3n) is 2.46. The number of hydrogen-bond acceptors (Lipinski definition) is 3. The predicted octanol–water partition coefficient (Wildman–Crippen LogP) is 3.54. The van der Waals surface area contributed by atoms with Crippen LogP contribution >= 0.6 is 11.6 Å². The van der Waals surface area contributed by atoms with Crippen LogP contribution in [0.2, 0.25) is 5.02 Å². The molecule has 5 heteroatoms. The van der Waals surface area contributed by atoms with Crippen molar-refractivity contribution >= 4 is 17.6 Å². The van der Waals surface area contributed by atoms with Gasteiger partial charge in [0.1, 0.15) is 18.2 Å². The molecular weight excluding hydrogens is 271 g/mol. The lowest BCUT2D eigenvalue weighted by atomic mass is 10.2. The van der Waals surface area contributed by atoms with Crippen molar-refractivity contribution in [2.24, 2.45) is 0 Å². The van der Waals surface area contributed by atoms with Crippen LogP contribution in [0, 0.1) is 5.82 Å². The highest BCUT2D eigenvalue weighted by Gasteiger charge is 2.12. The molecule has 1 N–H and O–H groups in total. The van der Waals surface area contributed by atoms with Gasteiger partial charge in [-0.15, -0.1) is 0 Å². The average molecular weight is 281 g/mol. The monoisotopic (exact) mass is 280 g/mol. The first kappa shape index (κ1) is 13.4. The van der Waals surface area contributed by atoms with E-state index in [0.717, 1.165) is 17.7 Å². The molecule has 0 aliphatic heterocycles. The van der Waals surface area contributed by atoms with Gasteiger partial charge in [0.2, 0.25) is 0 Å². The Morgan fingerprint density at radius 1 is 1.21 bits per heavy atom. The number of halogens is 2. The minimum absolute atomic E-state index is 0.00991. The molecule has 0 amide bonds. The molecule has 0 aliphatic rings. The van der Waals surface area contributed by atoms with E-state index in [1.807, 2.05) is 0 Å². The van der Waals surface area contributed by atoms with Gasteiger partial charge in [0.15, 0.2) is 0 Å². The zero-order chi connectivity index (χ0) is 13.8. The molecule has 98 valence electrons. The van der Waals surface area contributed by atoms with Gasteiger partial charge in [-0.2, -0.15) is 0 Å². The fourth-order valence-electron chi connectivity index (χ4n) is 1.47. The number of benzene rings is 2. The number of phenols is 1. The average Bonchev–Trinajstić information content (AvgIpc) is 2.37. The number of rotatable bonds is 3. The molecule has 0 fully saturated rings. The molecule has 0 saturated carbocycles. The number of carbonyl (C=O) groups is 1. The zero-order valence-electron chi connectivity index (χ0n) is 9.77. The van der Waals surface area contributed by atoms with E-state index in [1.54, 1.807) is 12.1 Å². The van der Waals surface area contributed by atoms with Crippen LogP contribution in [-0.4, -0.2) is 11.1 Å². The number of esters is 1. The lowest BCUT2D eigenvalue weighted by Gasteiger charge is -2.06. The standard InChI is InChI=1S/C14H10ClFO3/c15-13-7-10(16)3-6-12(13)14(18)19-8-9-1-4-11(17)5-2-9/h1-7,17H,8H2. The Morgan fingerprint density at radius 3 is 2.53 bits per heavy atom. The van der Waals surface area contributed by atoms with Gasteiger partial charge < -0.3 is 9.84 Å². The Balaban J connectivity index is 2.03. The number of aromatic hydroxyl groups is 1. The Hall–Kier alpha value is -2.07. The molecule has 19 heavy (non-hydrogen) atoms. The first-order valence-electron chi connectivity index (χ1n) is 5.46. The largest absolute Gasteiger partial charge is 0.508 e. The van der Waals surface area contributed by atoms with Crippen LogP contribution in [0.5, 0.6) is 5.75 Å². The topological polar surface area (TPSA) is 46.5 Å². The number of carbonyl (C=O) groups excluding carboxylic acids is 1. The molecule has 2 rings (SSSR count). The summed E-state index contributed by atoms with van der Waals surface area (Å²) in [6.07, 6.45) is 0. The molecule has 0 aliphatic carbocycles. The number of phenolic OH excluding ortho intramolecular Hbond substituents is 1. The van der Waals surface area contributed by atoms with Gasteiger partial charge in [0.05, 0.1) is 10.6 Å². The maximum atomic E-state index is 12.8. The first-order valence-corrected chi connectivity index (χ1v) is 5.84. The molecule has 3 nitrogen and oxygen atoms in total. The quantitative estimate of drug-likeness (QED) is 0.875. The smallest absolute Gasteiger partial charge is 0.339 e. The fourth-order valence-corrected chi connectivity index (χ4v) is 1.72. The Labute approximate surface area is 114 Å². The molecule has 0 unspecified atom stereocenters. The summed E-state index contributed by atoms with van der Waals surface area (Å²) in [5.41, 5.74) is 0.839. The fraction of sp³-hybridized carbons (Fsp3) is 0.0714. The summed E-state index contributed by atoms with van der Waals surface area (Å²) in [7, 11) is 0. The maximum absolute atomic E-state index is 12.8. The van der Waals surface area contributed by atoms with Crippen LogP contribution in [-0.2, 0) is 11.3 Å². The van der Waals surface area contributed by atoms with Crippen LogP contribution in [0.4, 0.5) is 4.39 Å². The lowest BCUT2D eigenvalue weighted by Crippen LogP contribution is -2.06. The summed E-state index contributed by atoms with van der Waals surface area (Å²) in [6.45, 7) is 0.0484. The van der Waals surface area contributed by atoms with Gasteiger partial charge in [0.25, 0.3) is 0 Å². The zero-order valence-corrected chi connectivity index (χ0v) is 10.5. The third-order valence-corrected chi connectivity index (χ3v) is 2.77. The molecule has 0 bridgehead atoms. The molecule has 0 heterocycles. The highest BCUT2D eigenvalue weighted by molar-refractivity contribution is 6.33. The van der Waals surface area contributed by atoms with Crippen molar-refractivity contribution in [1.29, 1.82) is 0 Å². The van der Waals surface area contributed by atoms with Crippen molar-refractivity contribution in [3.05, 3.63) is 64.4 Å². The molecule has 0 aromatic heterocycles. The predicted molar refractivity (Wildman–Crippen MR) is 68.6 cm³/mol. The summed E-state index contributed by atoms with van der Waals surface area (Å²) in [4.78, 5) is 11.7. The summed E-state index contributed by atoms with van der Waals surface area (Å²) >= 11 is 5.75. The summed E-state index contributed by atoms with van der Waals surface area (Å²) < 4.78 is 17.9. The molecule has 0 spiro atoms. The van der Waals surface area contributed by atoms with Crippen LogP contribution in [0.1, 0.15) is 15.9 Å². The molecule has 0 atom stereocenters. The van der Waals surface area contributed by atoms with Crippen LogP contribution in [0.25, 0.3) is 0 Å². The van der Waals surface area contributed by atoms with E-state index in [0.29, 0.717) is 0 Å². The Morgan fingerprint density at radius 2 is 1.89 bits per heavy atom. The second kappa shape index (κ2) is 5.71. The molecule has 0 radical (unpaired) electrons. The van der Waals surface area contributed by atoms with Gasteiger partial charge in [-0.3, -0.25) is 0 Å². The van der Waals surface area contributed by atoms with Crippen molar-refractivity contribution in [2.75, 3.05) is 0 Å². The maximum Gasteiger partial charge on any atom is 0.339 e. The van der Waals surface area contributed by atoms with Crippen LogP contribution in [0.15, 0.2) is 42.5 Å². The summed E-state index contributed by atoms with van der Waals surface area (Å²) in [6, 6.07) is 9.73. The molecule has 2 aromatic rings. The van der Waals surface area contributed by atoms with Crippen molar-refractivity contribution < 1.29 is 19.0 Å². The Bertz CT molecular complexity index is 596. The number of hydrogen-bond donors (Lipinski definition) is 1. The van der Waals surface area contributed by atoms with E-state index in [-0.39, 0.29) is 22.9 Å². The first-order chi connectivity index (χ1) is 9.06. The highest BCUT2D eigenvalue weighted by Crippen LogP contribution is 2.19. The van der Waals surface area contributed by atoms with E-state index < -0.39 is 11.8 Å².